The molecule has 6 heteroatoms. The van der Waals surface area contributed by atoms with Crippen molar-refractivity contribution in [2.75, 3.05) is 20.2 Å². The highest BCUT2D eigenvalue weighted by molar-refractivity contribution is 7.87. The van der Waals surface area contributed by atoms with Crippen LogP contribution in [0.4, 0.5) is 0 Å². The quantitative estimate of drug-likeness (QED) is 0.739. The minimum absolute atomic E-state index is 0.00869. The van der Waals surface area contributed by atoms with Gasteiger partial charge in [-0.15, -0.1) is 0 Å². The molecule has 0 saturated carbocycles. The van der Waals surface area contributed by atoms with Gasteiger partial charge in [0.15, 0.2) is 0 Å². The van der Waals surface area contributed by atoms with Crippen molar-refractivity contribution in [3.05, 3.63) is 0 Å². The average Bonchev–Trinajstić information content (AvgIpc) is 2.07. The molecule has 0 atom stereocenters. The monoisotopic (exact) mass is 280 g/mol. The molecule has 0 aromatic carbocycles. The van der Waals surface area contributed by atoms with E-state index in [1.165, 1.54) is 11.4 Å². The molecular weight excluding hydrogens is 252 g/mol. The number of nitrogens with one attached hydrogen (secondary N) is 1. The van der Waals surface area contributed by atoms with Crippen LogP contribution in [0.15, 0.2) is 0 Å². The van der Waals surface area contributed by atoms with E-state index in [9.17, 15) is 8.42 Å². The highest BCUT2D eigenvalue weighted by atomic mass is 32.2. The van der Waals surface area contributed by atoms with E-state index < -0.39 is 15.7 Å². The molecule has 0 amide bonds. The Balaban J connectivity index is 4.65. The molecule has 0 saturated heterocycles. The smallest absolute Gasteiger partial charge is 0.279 e. The van der Waals surface area contributed by atoms with Gasteiger partial charge in [-0.1, -0.05) is 20.8 Å². The summed E-state index contributed by atoms with van der Waals surface area (Å²) in [5, 5.41) is 8.72. The van der Waals surface area contributed by atoms with Crippen molar-refractivity contribution < 1.29 is 13.5 Å². The normalized spacial score (nSPS) is 14.2. The second-order valence-electron chi connectivity index (χ2n) is 6.63. The van der Waals surface area contributed by atoms with Crippen molar-refractivity contribution >= 4 is 10.2 Å². The van der Waals surface area contributed by atoms with Crippen LogP contribution in [-0.4, -0.2) is 43.6 Å². The number of hydrogen-bond donors (Lipinski definition) is 2. The van der Waals surface area contributed by atoms with E-state index in [1.807, 2.05) is 13.8 Å². The van der Waals surface area contributed by atoms with Crippen molar-refractivity contribution in [3.63, 3.8) is 0 Å². The van der Waals surface area contributed by atoms with Gasteiger partial charge in [0.25, 0.3) is 10.2 Å². The standard InChI is InChI=1S/C12H28N2O3S/c1-11(2,3)10-12(4,5)13-18(16,17)14(6)8-7-9-15/h13,15H,7-10H2,1-6H3. The van der Waals surface area contributed by atoms with E-state index in [2.05, 4.69) is 25.5 Å². The van der Waals surface area contributed by atoms with Crippen LogP contribution < -0.4 is 4.72 Å². The Kier molecular flexibility index (Phi) is 6.26. The first-order valence-corrected chi connectivity index (χ1v) is 7.70. The van der Waals surface area contributed by atoms with Crippen LogP contribution in [0.3, 0.4) is 0 Å². The molecule has 0 rings (SSSR count). The molecule has 0 unspecified atom stereocenters. The van der Waals surface area contributed by atoms with Gasteiger partial charge in [0.2, 0.25) is 0 Å². The molecule has 0 bridgehead atoms. The van der Waals surface area contributed by atoms with Crippen molar-refractivity contribution in [1.29, 1.82) is 0 Å². The number of nitrogens with zero attached hydrogens (tertiary/aromatic N) is 1. The molecule has 0 aliphatic heterocycles. The summed E-state index contributed by atoms with van der Waals surface area (Å²) in [5.41, 5.74) is -0.444. The summed E-state index contributed by atoms with van der Waals surface area (Å²) in [6.45, 7) is 10.3. The first-order valence-electron chi connectivity index (χ1n) is 6.26. The van der Waals surface area contributed by atoms with Crippen LogP contribution in [0, 0.1) is 5.41 Å². The largest absolute Gasteiger partial charge is 0.396 e. The Labute approximate surface area is 112 Å². The second-order valence-corrected chi connectivity index (χ2v) is 8.40. The van der Waals surface area contributed by atoms with Crippen LogP contribution in [0.2, 0.25) is 0 Å². The van der Waals surface area contributed by atoms with Crippen molar-refractivity contribution in [2.24, 2.45) is 5.41 Å². The highest BCUT2D eigenvalue weighted by Gasteiger charge is 2.31. The zero-order valence-electron chi connectivity index (χ0n) is 12.4. The van der Waals surface area contributed by atoms with E-state index in [4.69, 9.17) is 5.11 Å². The Hall–Kier alpha value is -0.170. The van der Waals surface area contributed by atoms with Gasteiger partial charge in [-0.05, 0) is 32.1 Å². The summed E-state index contributed by atoms with van der Waals surface area (Å²) in [5.74, 6) is 0. The fourth-order valence-electron chi connectivity index (χ4n) is 2.20. The van der Waals surface area contributed by atoms with E-state index >= 15 is 0 Å². The predicted octanol–water partition coefficient (Wildman–Crippen LogP) is 1.35. The predicted molar refractivity (Wildman–Crippen MR) is 74.5 cm³/mol. The van der Waals surface area contributed by atoms with Gasteiger partial charge >= 0.3 is 0 Å². The summed E-state index contributed by atoms with van der Waals surface area (Å²) >= 11 is 0. The van der Waals surface area contributed by atoms with Crippen LogP contribution in [0.1, 0.15) is 47.5 Å². The average molecular weight is 280 g/mol. The molecule has 0 aliphatic carbocycles. The van der Waals surface area contributed by atoms with Gasteiger partial charge in [0, 0.05) is 25.7 Å². The summed E-state index contributed by atoms with van der Waals surface area (Å²) in [7, 11) is -1.97. The number of hydrogen-bond acceptors (Lipinski definition) is 3. The van der Waals surface area contributed by atoms with Gasteiger partial charge in [-0.2, -0.15) is 17.4 Å². The highest BCUT2D eigenvalue weighted by Crippen LogP contribution is 2.27. The summed E-state index contributed by atoms with van der Waals surface area (Å²) < 4.78 is 28.1. The topological polar surface area (TPSA) is 69.6 Å². The maximum absolute atomic E-state index is 12.1. The van der Waals surface area contributed by atoms with Gasteiger partial charge in [-0.25, -0.2) is 0 Å². The molecule has 18 heavy (non-hydrogen) atoms. The van der Waals surface area contributed by atoms with E-state index in [1.54, 1.807) is 0 Å². The Bertz CT molecular complexity index is 345. The third-order valence-electron chi connectivity index (χ3n) is 2.42. The zero-order valence-corrected chi connectivity index (χ0v) is 13.3. The second kappa shape index (κ2) is 6.32. The van der Waals surface area contributed by atoms with Crippen LogP contribution in [0.5, 0.6) is 0 Å². The lowest BCUT2D eigenvalue weighted by Crippen LogP contribution is -2.50. The molecule has 5 nitrogen and oxygen atoms in total. The fraction of sp³-hybridized carbons (Fsp3) is 1.00. The lowest BCUT2D eigenvalue weighted by molar-refractivity contribution is 0.260. The molecule has 0 aliphatic rings. The molecule has 110 valence electrons. The SMILES string of the molecule is CN(CCCO)S(=O)(=O)NC(C)(C)CC(C)(C)C. The molecule has 0 heterocycles. The maximum atomic E-state index is 12.1. The summed E-state index contributed by atoms with van der Waals surface area (Å²) in [6.07, 6.45) is 1.18. The van der Waals surface area contributed by atoms with Gasteiger partial charge in [0.1, 0.15) is 0 Å². The first kappa shape index (κ1) is 17.8. The Morgan fingerprint density at radius 3 is 2.06 bits per heavy atom. The molecule has 0 aromatic heterocycles. The first-order chi connectivity index (χ1) is 7.90. The number of aliphatic hydroxyl groups excluding tert-OH is 1. The molecule has 0 fully saturated rings. The summed E-state index contributed by atoms with van der Waals surface area (Å²) in [4.78, 5) is 0. The van der Waals surface area contributed by atoms with E-state index in [0.717, 1.165) is 6.42 Å². The Morgan fingerprint density at radius 1 is 1.17 bits per heavy atom. The van der Waals surface area contributed by atoms with Gasteiger partial charge < -0.3 is 5.11 Å². The molecule has 0 spiro atoms. The van der Waals surface area contributed by atoms with Crippen molar-refractivity contribution in [2.45, 2.75) is 53.0 Å². The fourth-order valence-corrected chi connectivity index (χ4v) is 3.50. The van der Waals surface area contributed by atoms with E-state index in [-0.39, 0.29) is 12.0 Å². The lowest BCUT2D eigenvalue weighted by atomic mass is 9.82. The molecule has 0 radical (unpaired) electrons. The third kappa shape index (κ3) is 7.31. The molecular formula is C12H28N2O3S. The van der Waals surface area contributed by atoms with Crippen LogP contribution in [-0.2, 0) is 10.2 Å². The summed E-state index contributed by atoms with van der Waals surface area (Å²) in [6, 6.07) is 0. The van der Waals surface area contributed by atoms with E-state index in [0.29, 0.717) is 13.0 Å². The molecule has 0 aromatic rings. The van der Waals surface area contributed by atoms with Gasteiger partial charge in [-0.3, -0.25) is 0 Å². The van der Waals surface area contributed by atoms with Gasteiger partial charge in [0.05, 0.1) is 0 Å². The van der Waals surface area contributed by atoms with Crippen LogP contribution >= 0.6 is 0 Å². The Morgan fingerprint density at radius 2 is 1.67 bits per heavy atom. The van der Waals surface area contributed by atoms with Crippen molar-refractivity contribution in [1.82, 2.24) is 9.03 Å². The minimum Gasteiger partial charge on any atom is -0.396 e. The van der Waals surface area contributed by atoms with Crippen molar-refractivity contribution in [3.8, 4) is 0 Å². The number of aliphatic hydroxyl groups is 1. The zero-order chi connectivity index (χ0) is 14.6. The maximum Gasteiger partial charge on any atom is 0.279 e. The van der Waals surface area contributed by atoms with Crippen LogP contribution in [0.25, 0.3) is 0 Å². The molecule has 2 N–H and O–H groups in total. The lowest BCUT2D eigenvalue weighted by Gasteiger charge is -2.34. The number of rotatable bonds is 7. The minimum atomic E-state index is -3.49. The third-order valence-corrected chi connectivity index (χ3v) is 4.23.